The first kappa shape index (κ1) is 21.9. The van der Waals surface area contributed by atoms with Gasteiger partial charge in [0.05, 0.1) is 26.9 Å². The maximum absolute atomic E-state index is 11.3. The van der Waals surface area contributed by atoms with Crippen LogP contribution in [0, 0.1) is 0 Å². The summed E-state index contributed by atoms with van der Waals surface area (Å²) in [6.07, 6.45) is 4.06. The highest BCUT2D eigenvalue weighted by molar-refractivity contribution is 7.86. The number of aromatic nitrogens is 3. The van der Waals surface area contributed by atoms with Crippen LogP contribution in [-0.2, 0) is 39.9 Å². The second kappa shape index (κ2) is 8.93. The molecule has 0 saturated carbocycles. The molecule has 0 spiro atoms. The smallest absolute Gasteiger partial charge is 0.124 e. The van der Waals surface area contributed by atoms with Gasteiger partial charge in [-0.2, -0.15) is 0 Å². The van der Waals surface area contributed by atoms with E-state index in [2.05, 4.69) is 15.0 Å². The summed E-state index contributed by atoms with van der Waals surface area (Å²) in [4.78, 5) is 13.4. The quantitative estimate of drug-likeness (QED) is 0.453. The lowest BCUT2D eigenvalue weighted by molar-refractivity contribution is 0.238. The lowest BCUT2D eigenvalue weighted by Gasteiger charge is -2.22. The molecule has 3 aromatic heterocycles. The van der Waals surface area contributed by atoms with Crippen LogP contribution in [0.5, 0.6) is 0 Å². The van der Waals surface area contributed by atoms with E-state index >= 15 is 0 Å². The first-order valence-corrected chi connectivity index (χ1v) is 11.4. The number of pyridine rings is 3. The molecule has 12 heteroatoms. The van der Waals surface area contributed by atoms with Gasteiger partial charge in [-0.05, 0) is 36.4 Å². The zero-order valence-corrected chi connectivity index (χ0v) is 17.1. The van der Waals surface area contributed by atoms with Gasteiger partial charge in [-0.3, -0.25) is 19.9 Å². The van der Waals surface area contributed by atoms with Crippen molar-refractivity contribution in [2.45, 2.75) is 29.4 Å². The van der Waals surface area contributed by atoms with Crippen molar-refractivity contribution >= 4 is 20.2 Å². The number of hydrogen-bond donors (Lipinski definition) is 0. The van der Waals surface area contributed by atoms with Gasteiger partial charge in [-0.1, -0.05) is 6.07 Å². The van der Waals surface area contributed by atoms with Crippen LogP contribution in [0.25, 0.3) is 0 Å². The van der Waals surface area contributed by atoms with E-state index in [-0.39, 0.29) is 13.1 Å². The molecule has 3 rings (SSSR count). The predicted molar refractivity (Wildman–Crippen MR) is 102 cm³/mol. The molecule has 0 bridgehead atoms. The van der Waals surface area contributed by atoms with Crippen LogP contribution in [0.1, 0.15) is 17.1 Å². The third kappa shape index (κ3) is 6.11. The van der Waals surface area contributed by atoms with Gasteiger partial charge < -0.3 is 9.11 Å². The molecule has 3 heterocycles. The highest BCUT2D eigenvalue weighted by atomic mass is 32.2. The van der Waals surface area contributed by atoms with Crippen molar-refractivity contribution in [1.29, 1.82) is 0 Å². The standard InChI is InChI=1S/C18H18N4O6S2/c23-29(24,25)17-4-7-20-15(9-17)12-22(11-14-3-1-2-6-19-14)13-16-10-18(5-8-21-16)30(26,27)28/h1-10H,11-13H2,(H,23,24,25)(H,26,27,28)/p-2. The fraction of sp³-hybridized carbons (Fsp3) is 0.167. The molecule has 0 aliphatic carbocycles. The van der Waals surface area contributed by atoms with Gasteiger partial charge in [0.1, 0.15) is 20.2 Å². The van der Waals surface area contributed by atoms with Crippen LogP contribution in [-0.4, -0.2) is 45.8 Å². The number of nitrogens with zero attached hydrogens (tertiary/aromatic N) is 4. The second-order valence-corrected chi connectivity index (χ2v) is 9.10. The summed E-state index contributed by atoms with van der Waals surface area (Å²) < 4.78 is 67.7. The molecule has 0 amide bonds. The van der Waals surface area contributed by atoms with Crippen LogP contribution >= 0.6 is 0 Å². The van der Waals surface area contributed by atoms with E-state index in [1.54, 1.807) is 29.3 Å². The van der Waals surface area contributed by atoms with Crippen molar-refractivity contribution < 1.29 is 25.9 Å². The molecule has 3 aromatic rings. The summed E-state index contributed by atoms with van der Waals surface area (Å²) in [6.45, 7) is 0.541. The third-order valence-corrected chi connectivity index (χ3v) is 5.70. The molecule has 0 aliphatic rings. The van der Waals surface area contributed by atoms with E-state index in [0.717, 1.165) is 12.1 Å². The monoisotopic (exact) mass is 448 g/mol. The third-order valence-electron chi connectivity index (χ3n) is 4.04. The predicted octanol–water partition coefficient (Wildman–Crippen LogP) is 0.882. The first-order chi connectivity index (χ1) is 14.1. The van der Waals surface area contributed by atoms with E-state index < -0.39 is 30.0 Å². The molecule has 0 radical (unpaired) electrons. The molecule has 0 atom stereocenters. The average Bonchev–Trinajstić information content (AvgIpc) is 2.68. The van der Waals surface area contributed by atoms with Gasteiger partial charge in [0.25, 0.3) is 0 Å². The second-order valence-electron chi connectivity index (χ2n) is 6.34. The van der Waals surface area contributed by atoms with Crippen LogP contribution in [0.15, 0.2) is 70.8 Å². The van der Waals surface area contributed by atoms with Crippen LogP contribution < -0.4 is 0 Å². The molecule has 0 N–H and O–H groups in total. The SMILES string of the molecule is O=S(=O)([O-])c1ccnc(CN(Cc2ccccn2)Cc2cc(S(=O)(=O)[O-])ccn2)c1. The normalized spacial score (nSPS) is 12.2. The Morgan fingerprint density at radius 1 is 0.667 bits per heavy atom. The Morgan fingerprint density at radius 3 is 1.57 bits per heavy atom. The molecule has 30 heavy (non-hydrogen) atoms. The van der Waals surface area contributed by atoms with Crippen molar-refractivity contribution in [3.05, 3.63) is 78.1 Å². The largest absolute Gasteiger partial charge is 0.744 e. The minimum absolute atomic E-state index is 0.121. The van der Waals surface area contributed by atoms with E-state index in [0.29, 0.717) is 23.6 Å². The first-order valence-electron chi connectivity index (χ1n) is 8.55. The Morgan fingerprint density at radius 2 is 1.13 bits per heavy atom. The lowest BCUT2D eigenvalue weighted by Crippen LogP contribution is -2.24. The number of hydrogen-bond acceptors (Lipinski definition) is 10. The number of rotatable bonds is 8. The summed E-state index contributed by atoms with van der Waals surface area (Å²) in [5.41, 5.74) is 1.32. The van der Waals surface area contributed by atoms with Crippen molar-refractivity contribution in [3.63, 3.8) is 0 Å². The maximum atomic E-state index is 11.3. The van der Waals surface area contributed by atoms with Crippen LogP contribution in [0.2, 0.25) is 0 Å². The lowest BCUT2D eigenvalue weighted by atomic mass is 10.2. The minimum atomic E-state index is -4.64. The van der Waals surface area contributed by atoms with Gasteiger partial charge in [-0.25, -0.2) is 16.8 Å². The highest BCUT2D eigenvalue weighted by Crippen LogP contribution is 2.16. The molecule has 0 fully saturated rings. The Labute approximate surface area is 173 Å². The molecule has 10 nitrogen and oxygen atoms in total. The Balaban J connectivity index is 1.90. The van der Waals surface area contributed by atoms with Crippen molar-refractivity contribution in [1.82, 2.24) is 19.9 Å². The van der Waals surface area contributed by atoms with Gasteiger partial charge >= 0.3 is 0 Å². The summed E-state index contributed by atoms with van der Waals surface area (Å²) in [7, 11) is -9.27. The van der Waals surface area contributed by atoms with Crippen molar-refractivity contribution in [3.8, 4) is 0 Å². The molecular formula is C18H16N4O6S2-2. The molecular weight excluding hydrogens is 432 g/mol. The molecule has 0 unspecified atom stereocenters. The maximum Gasteiger partial charge on any atom is 0.124 e. The van der Waals surface area contributed by atoms with E-state index in [4.69, 9.17) is 0 Å². The zero-order valence-electron chi connectivity index (χ0n) is 15.4. The molecule has 158 valence electrons. The molecule has 0 aliphatic heterocycles. The molecule has 0 aromatic carbocycles. The van der Waals surface area contributed by atoms with Gasteiger partial charge in [0, 0.05) is 38.2 Å². The topological polar surface area (TPSA) is 156 Å². The van der Waals surface area contributed by atoms with Gasteiger partial charge in [-0.15, -0.1) is 0 Å². The van der Waals surface area contributed by atoms with Crippen molar-refractivity contribution in [2.24, 2.45) is 0 Å². The Bertz CT molecular complexity index is 1160. The molecule has 0 saturated heterocycles. The van der Waals surface area contributed by atoms with Crippen LogP contribution in [0.4, 0.5) is 0 Å². The minimum Gasteiger partial charge on any atom is -0.744 e. The Hall–Kier alpha value is -2.77. The highest BCUT2D eigenvalue weighted by Gasteiger charge is 2.13. The van der Waals surface area contributed by atoms with E-state index in [1.165, 1.54) is 24.5 Å². The summed E-state index contributed by atoms with van der Waals surface area (Å²) in [6, 6.07) is 9.91. The van der Waals surface area contributed by atoms with Crippen LogP contribution in [0.3, 0.4) is 0 Å². The van der Waals surface area contributed by atoms with Crippen molar-refractivity contribution in [2.75, 3.05) is 0 Å². The Kier molecular flexibility index (Phi) is 6.53. The fourth-order valence-electron chi connectivity index (χ4n) is 2.74. The summed E-state index contributed by atoms with van der Waals surface area (Å²) >= 11 is 0. The zero-order chi connectivity index (χ0) is 21.8. The fourth-order valence-corrected chi connectivity index (χ4v) is 3.76. The summed E-state index contributed by atoms with van der Waals surface area (Å²) in [5.74, 6) is 0. The van der Waals surface area contributed by atoms with Gasteiger partial charge in [0.15, 0.2) is 0 Å². The van der Waals surface area contributed by atoms with Gasteiger partial charge in [0.2, 0.25) is 0 Å². The average molecular weight is 448 g/mol. The van der Waals surface area contributed by atoms with E-state index in [1.807, 2.05) is 0 Å². The summed E-state index contributed by atoms with van der Waals surface area (Å²) in [5, 5.41) is 0. The van der Waals surface area contributed by atoms with E-state index in [9.17, 15) is 25.9 Å².